The molecule has 2 aliphatic rings. The van der Waals surface area contributed by atoms with Crippen molar-refractivity contribution in [2.75, 3.05) is 26.2 Å². The Kier molecular flexibility index (Phi) is 4.98. The van der Waals surface area contributed by atoms with Crippen molar-refractivity contribution in [3.8, 4) is 17.4 Å². The number of fused-ring (bicyclic) bond motifs is 2. The van der Waals surface area contributed by atoms with Crippen LogP contribution >= 0.6 is 0 Å². The lowest BCUT2D eigenvalue weighted by Crippen LogP contribution is -2.44. The van der Waals surface area contributed by atoms with Gasteiger partial charge < -0.3 is 19.5 Å². The molecule has 1 aromatic heterocycles. The number of piperidine rings is 1. The van der Waals surface area contributed by atoms with E-state index in [9.17, 15) is 4.79 Å². The molecular weight excluding hydrogens is 356 g/mol. The van der Waals surface area contributed by atoms with Crippen LogP contribution in [0.25, 0.3) is 0 Å². The maximum absolute atomic E-state index is 10.8. The first kappa shape index (κ1) is 18.7. The molecule has 0 atom stereocenters. The first-order chi connectivity index (χ1) is 13.5. The quantitative estimate of drug-likeness (QED) is 0.850. The van der Waals surface area contributed by atoms with Gasteiger partial charge in [0.15, 0.2) is 0 Å². The maximum Gasteiger partial charge on any atom is 0.304 e. The van der Waals surface area contributed by atoms with E-state index in [0.717, 1.165) is 54.1 Å². The van der Waals surface area contributed by atoms with Crippen LogP contribution in [0, 0.1) is 13.8 Å². The highest BCUT2D eigenvalue weighted by Crippen LogP contribution is 2.46. The summed E-state index contributed by atoms with van der Waals surface area (Å²) in [6, 6.07) is 8.19. The zero-order valence-electron chi connectivity index (χ0n) is 16.4. The molecule has 2 aromatic rings. The van der Waals surface area contributed by atoms with Crippen LogP contribution < -0.4 is 9.47 Å². The summed E-state index contributed by atoms with van der Waals surface area (Å²) in [6.07, 6.45) is 3.80. The fourth-order valence-corrected chi connectivity index (χ4v) is 4.22. The third kappa shape index (κ3) is 3.56. The zero-order chi connectivity index (χ0) is 19.7. The van der Waals surface area contributed by atoms with Crippen LogP contribution in [0.1, 0.15) is 36.0 Å². The van der Waals surface area contributed by atoms with Gasteiger partial charge in [-0.25, -0.2) is 4.98 Å². The molecule has 6 heteroatoms. The highest BCUT2D eigenvalue weighted by Gasteiger charge is 2.44. The molecule has 0 amide bonds. The molecular formula is C22H26N2O4. The van der Waals surface area contributed by atoms with Crippen molar-refractivity contribution in [1.29, 1.82) is 0 Å². The number of carbonyl (C=O) groups is 1. The molecule has 1 aromatic carbocycles. The number of aryl methyl sites for hydroxylation is 2. The van der Waals surface area contributed by atoms with Crippen LogP contribution in [-0.4, -0.2) is 47.2 Å². The SMILES string of the molecule is Cc1cccc(C)c1Oc1cnc2c(c1)C1(CCN(CCC(=O)O)CC1)CO2. The number of pyridine rings is 1. The van der Waals surface area contributed by atoms with Crippen molar-refractivity contribution in [2.24, 2.45) is 0 Å². The molecule has 0 radical (unpaired) electrons. The van der Waals surface area contributed by atoms with Crippen LogP contribution in [0.5, 0.6) is 17.4 Å². The van der Waals surface area contributed by atoms with Gasteiger partial charge in [-0.3, -0.25) is 4.79 Å². The number of nitrogens with zero attached hydrogens (tertiary/aromatic N) is 2. The van der Waals surface area contributed by atoms with Gasteiger partial charge >= 0.3 is 5.97 Å². The number of carboxylic acid groups (broad SMARTS) is 1. The summed E-state index contributed by atoms with van der Waals surface area (Å²) in [6.45, 7) is 7.07. The Morgan fingerprint density at radius 3 is 2.68 bits per heavy atom. The van der Waals surface area contributed by atoms with Gasteiger partial charge in [-0.2, -0.15) is 0 Å². The van der Waals surface area contributed by atoms with Crippen LogP contribution in [0.15, 0.2) is 30.5 Å². The Labute approximate surface area is 165 Å². The van der Waals surface area contributed by atoms with Gasteiger partial charge in [-0.05, 0) is 57.0 Å². The summed E-state index contributed by atoms with van der Waals surface area (Å²) in [5.41, 5.74) is 3.26. The van der Waals surface area contributed by atoms with E-state index >= 15 is 0 Å². The number of benzene rings is 1. The number of carboxylic acids is 1. The monoisotopic (exact) mass is 382 g/mol. The molecule has 6 nitrogen and oxygen atoms in total. The maximum atomic E-state index is 10.8. The van der Waals surface area contributed by atoms with Crippen LogP contribution in [0.2, 0.25) is 0 Å². The molecule has 1 spiro atoms. The molecule has 1 saturated heterocycles. The van der Waals surface area contributed by atoms with E-state index in [1.807, 2.05) is 32.0 Å². The van der Waals surface area contributed by atoms with Crippen molar-refractivity contribution < 1.29 is 19.4 Å². The second-order valence-electron chi connectivity index (χ2n) is 7.90. The van der Waals surface area contributed by atoms with E-state index in [2.05, 4.69) is 16.0 Å². The molecule has 0 bridgehead atoms. The first-order valence-corrected chi connectivity index (χ1v) is 9.78. The topological polar surface area (TPSA) is 71.9 Å². The van der Waals surface area contributed by atoms with Crippen LogP contribution in [0.4, 0.5) is 0 Å². The van der Waals surface area contributed by atoms with Crippen molar-refractivity contribution in [3.05, 3.63) is 47.2 Å². The number of likely N-dealkylation sites (tertiary alicyclic amines) is 1. The molecule has 0 unspecified atom stereocenters. The molecule has 3 heterocycles. The van der Waals surface area contributed by atoms with Gasteiger partial charge in [0.25, 0.3) is 0 Å². The Hall–Kier alpha value is -2.60. The third-order valence-corrected chi connectivity index (χ3v) is 5.97. The first-order valence-electron chi connectivity index (χ1n) is 9.78. The van der Waals surface area contributed by atoms with Gasteiger partial charge in [0.05, 0.1) is 19.2 Å². The largest absolute Gasteiger partial charge is 0.481 e. The van der Waals surface area contributed by atoms with E-state index in [1.54, 1.807) is 6.20 Å². The third-order valence-electron chi connectivity index (χ3n) is 5.97. The van der Waals surface area contributed by atoms with Crippen molar-refractivity contribution in [1.82, 2.24) is 9.88 Å². The number of para-hydroxylation sites is 1. The zero-order valence-corrected chi connectivity index (χ0v) is 16.4. The fourth-order valence-electron chi connectivity index (χ4n) is 4.22. The molecule has 1 fully saturated rings. The van der Waals surface area contributed by atoms with Crippen molar-refractivity contribution in [3.63, 3.8) is 0 Å². The van der Waals surface area contributed by atoms with E-state index < -0.39 is 5.97 Å². The summed E-state index contributed by atoms with van der Waals surface area (Å²) >= 11 is 0. The Morgan fingerprint density at radius 1 is 1.29 bits per heavy atom. The highest BCUT2D eigenvalue weighted by molar-refractivity contribution is 5.66. The lowest BCUT2D eigenvalue weighted by molar-refractivity contribution is -0.137. The summed E-state index contributed by atoms with van der Waals surface area (Å²) in [4.78, 5) is 17.6. The Bertz CT molecular complexity index is 868. The minimum absolute atomic E-state index is 0.0534. The van der Waals surface area contributed by atoms with Gasteiger partial charge in [0, 0.05) is 17.5 Å². The standard InChI is InChI=1S/C22H26N2O4/c1-15-4-3-5-16(2)20(15)28-17-12-18-21(23-13-17)27-14-22(18)7-10-24(11-8-22)9-6-19(25)26/h3-5,12-13H,6-11,14H2,1-2H3,(H,25,26). The van der Waals surface area contributed by atoms with Gasteiger partial charge in [-0.15, -0.1) is 0 Å². The number of hydrogen-bond acceptors (Lipinski definition) is 5. The second-order valence-corrected chi connectivity index (χ2v) is 7.90. The number of hydrogen-bond donors (Lipinski definition) is 1. The summed E-state index contributed by atoms with van der Waals surface area (Å²) in [5.74, 6) is 1.57. The highest BCUT2D eigenvalue weighted by atomic mass is 16.5. The number of rotatable bonds is 5. The second kappa shape index (κ2) is 7.43. The summed E-state index contributed by atoms with van der Waals surface area (Å²) in [7, 11) is 0. The van der Waals surface area contributed by atoms with Crippen LogP contribution in [-0.2, 0) is 10.2 Å². The van der Waals surface area contributed by atoms with E-state index in [1.165, 1.54) is 0 Å². The molecule has 2 aliphatic heterocycles. The lowest BCUT2D eigenvalue weighted by Gasteiger charge is -2.38. The van der Waals surface area contributed by atoms with E-state index in [-0.39, 0.29) is 11.8 Å². The molecule has 0 saturated carbocycles. The normalized spacial score (nSPS) is 17.9. The van der Waals surface area contributed by atoms with Gasteiger partial charge in [-0.1, -0.05) is 18.2 Å². The number of aromatic nitrogens is 1. The minimum Gasteiger partial charge on any atom is -0.481 e. The van der Waals surface area contributed by atoms with Gasteiger partial charge in [0.1, 0.15) is 11.5 Å². The Balaban J connectivity index is 1.52. The Morgan fingerprint density at radius 2 is 2.00 bits per heavy atom. The summed E-state index contributed by atoms with van der Waals surface area (Å²) < 4.78 is 12.1. The molecule has 28 heavy (non-hydrogen) atoms. The average Bonchev–Trinajstić information content (AvgIpc) is 3.02. The van der Waals surface area contributed by atoms with Crippen molar-refractivity contribution >= 4 is 5.97 Å². The van der Waals surface area contributed by atoms with E-state index in [4.69, 9.17) is 14.6 Å². The fraction of sp³-hybridized carbons (Fsp3) is 0.455. The number of ether oxygens (including phenoxy) is 2. The van der Waals surface area contributed by atoms with Crippen LogP contribution in [0.3, 0.4) is 0 Å². The van der Waals surface area contributed by atoms with E-state index in [0.29, 0.717) is 19.0 Å². The molecule has 1 N–H and O–H groups in total. The molecule has 0 aliphatic carbocycles. The molecule has 148 valence electrons. The van der Waals surface area contributed by atoms with Gasteiger partial charge in [0.2, 0.25) is 5.88 Å². The predicted octanol–water partition coefficient (Wildman–Crippen LogP) is 3.69. The average molecular weight is 382 g/mol. The number of aliphatic carboxylic acids is 1. The van der Waals surface area contributed by atoms with Crippen molar-refractivity contribution in [2.45, 2.75) is 38.5 Å². The minimum atomic E-state index is -0.743. The lowest BCUT2D eigenvalue weighted by atomic mass is 9.75. The predicted molar refractivity (Wildman–Crippen MR) is 105 cm³/mol. The summed E-state index contributed by atoms with van der Waals surface area (Å²) in [5, 5.41) is 8.90. The smallest absolute Gasteiger partial charge is 0.304 e. The molecule has 4 rings (SSSR count).